The molecule has 0 bridgehead atoms. The van der Waals surface area contributed by atoms with Gasteiger partial charge in [-0.1, -0.05) is 62.4 Å². The SMILES string of the molecule is COc1cccc(C(C(=O)NC2CCCCC2)N(C(=O)Cc2c[nH]c3ccccc23)C2CCCC2)c1OC. The van der Waals surface area contributed by atoms with E-state index in [0.717, 1.165) is 67.8 Å². The van der Waals surface area contributed by atoms with Crippen LogP contribution in [-0.4, -0.2) is 48.0 Å². The third kappa shape index (κ3) is 5.38. The zero-order valence-electron chi connectivity index (χ0n) is 22.5. The molecule has 0 radical (unpaired) electrons. The van der Waals surface area contributed by atoms with Crippen LogP contribution in [0.3, 0.4) is 0 Å². The molecule has 0 saturated heterocycles. The maximum atomic E-state index is 14.3. The first-order valence-electron chi connectivity index (χ1n) is 14.0. The van der Waals surface area contributed by atoms with Crippen LogP contribution in [-0.2, 0) is 16.0 Å². The molecule has 1 aromatic heterocycles. The summed E-state index contributed by atoms with van der Waals surface area (Å²) in [4.78, 5) is 33.6. The van der Waals surface area contributed by atoms with Crippen molar-refractivity contribution in [2.75, 3.05) is 14.2 Å². The minimum atomic E-state index is -0.803. The van der Waals surface area contributed by atoms with Gasteiger partial charge in [0.25, 0.3) is 0 Å². The zero-order chi connectivity index (χ0) is 26.5. The molecule has 2 aromatic carbocycles. The van der Waals surface area contributed by atoms with Gasteiger partial charge in [0.05, 0.1) is 20.6 Å². The van der Waals surface area contributed by atoms with Crippen LogP contribution in [0.25, 0.3) is 10.9 Å². The van der Waals surface area contributed by atoms with Crippen molar-refractivity contribution in [1.29, 1.82) is 0 Å². The minimum Gasteiger partial charge on any atom is -0.493 e. The van der Waals surface area contributed by atoms with E-state index in [1.807, 2.05) is 53.6 Å². The van der Waals surface area contributed by atoms with Crippen molar-refractivity contribution in [3.63, 3.8) is 0 Å². The summed E-state index contributed by atoms with van der Waals surface area (Å²) in [5.41, 5.74) is 2.61. The number of rotatable bonds is 9. The molecule has 2 saturated carbocycles. The number of ether oxygens (including phenoxy) is 2. The number of H-pyrrole nitrogens is 1. The Balaban J connectivity index is 1.55. The number of benzene rings is 2. The molecular formula is C31H39N3O4. The number of nitrogens with one attached hydrogen (secondary N) is 2. The zero-order valence-corrected chi connectivity index (χ0v) is 22.5. The van der Waals surface area contributed by atoms with Gasteiger partial charge >= 0.3 is 0 Å². The fourth-order valence-electron chi connectivity index (χ4n) is 6.34. The molecule has 202 valence electrons. The van der Waals surface area contributed by atoms with Crippen LogP contribution in [0.1, 0.15) is 75.0 Å². The molecule has 38 heavy (non-hydrogen) atoms. The van der Waals surface area contributed by atoms with Gasteiger partial charge < -0.3 is 24.7 Å². The predicted octanol–water partition coefficient (Wildman–Crippen LogP) is 5.69. The first kappa shape index (κ1) is 26.1. The summed E-state index contributed by atoms with van der Waals surface area (Å²) in [5.74, 6) is 0.871. The lowest BCUT2D eigenvalue weighted by atomic mass is 9.94. The summed E-state index contributed by atoms with van der Waals surface area (Å²) < 4.78 is 11.4. The summed E-state index contributed by atoms with van der Waals surface area (Å²) in [7, 11) is 3.18. The monoisotopic (exact) mass is 517 g/mol. The van der Waals surface area contributed by atoms with Crippen LogP contribution in [0.4, 0.5) is 0 Å². The van der Waals surface area contributed by atoms with Gasteiger partial charge in [-0.05, 0) is 43.4 Å². The highest BCUT2D eigenvalue weighted by molar-refractivity contribution is 5.93. The van der Waals surface area contributed by atoms with Crippen molar-refractivity contribution in [1.82, 2.24) is 15.2 Å². The number of nitrogens with zero attached hydrogens (tertiary/aromatic N) is 1. The number of methoxy groups -OCH3 is 2. The Morgan fingerprint density at radius 1 is 0.947 bits per heavy atom. The Morgan fingerprint density at radius 2 is 1.68 bits per heavy atom. The second kappa shape index (κ2) is 11.9. The van der Waals surface area contributed by atoms with E-state index in [4.69, 9.17) is 9.47 Å². The van der Waals surface area contributed by atoms with E-state index >= 15 is 0 Å². The highest BCUT2D eigenvalue weighted by atomic mass is 16.5. The standard InChI is InChI=1S/C31H39N3O4/c1-37-27-18-10-16-25(30(27)38-2)29(31(36)33-22-11-4-3-5-12-22)34(23-13-6-7-14-23)28(35)19-21-20-32-26-17-9-8-15-24(21)26/h8-10,15-18,20,22-23,29,32H,3-7,11-14,19H2,1-2H3,(H,33,36). The molecule has 2 fully saturated rings. The molecule has 7 heteroatoms. The van der Waals surface area contributed by atoms with Crippen molar-refractivity contribution in [2.24, 2.45) is 0 Å². The molecule has 2 aliphatic carbocycles. The van der Waals surface area contributed by atoms with Gasteiger partial charge in [-0.25, -0.2) is 0 Å². The molecule has 1 heterocycles. The summed E-state index contributed by atoms with van der Waals surface area (Å²) >= 11 is 0. The number of carbonyl (C=O) groups is 2. The molecule has 2 aliphatic rings. The average Bonchev–Trinajstić information content (AvgIpc) is 3.62. The van der Waals surface area contributed by atoms with E-state index in [-0.39, 0.29) is 30.3 Å². The van der Waals surface area contributed by atoms with Gasteiger partial charge in [-0.3, -0.25) is 9.59 Å². The second-order valence-electron chi connectivity index (χ2n) is 10.6. The molecule has 5 rings (SSSR count). The number of hydrogen-bond donors (Lipinski definition) is 2. The fourth-order valence-corrected chi connectivity index (χ4v) is 6.34. The van der Waals surface area contributed by atoms with Gasteiger partial charge in [0.1, 0.15) is 6.04 Å². The smallest absolute Gasteiger partial charge is 0.247 e. The van der Waals surface area contributed by atoms with Crippen molar-refractivity contribution in [3.8, 4) is 11.5 Å². The summed E-state index contributed by atoms with van der Waals surface area (Å²) in [6.07, 6.45) is 11.4. The highest BCUT2D eigenvalue weighted by Crippen LogP contribution is 2.40. The van der Waals surface area contributed by atoms with Gasteiger partial charge in [-0.15, -0.1) is 0 Å². The first-order chi connectivity index (χ1) is 18.6. The quantitative estimate of drug-likeness (QED) is 0.382. The number of para-hydroxylation sites is 2. The van der Waals surface area contributed by atoms with Crippen LogP contribution in [0.5, 0.6) is 11.5 Å². The molecule has 0 aliphatic heterocycles. The minimum absolute atomic E-state index is 0.00859. The lowest BCUT2D eigenvalue weighted by molar-refractivity contribution is -0.143. The number of aromatic amines is 1. The van der Waals surface area contributed by atoms with Crippen molar-refractivity contribution in [3.05, 3.63) is 59.8 Å². The van der Waals surface area contributed by atoms with Gasteiger partial charge in [0, 0.05) is 34.7 Å². The van der Waals surface area contributed by atoms with E-state index in [1.165, 1.54) is 6.42 Å². The number of aromatic nitrogens is 1. The van der Waals surface area contributed by atoms with Crippen LogP contribution in [0, 0.1) is 0 Å². The van der Waals surface area contributed by atoms with E-state index < -0.39 is 6.04 Å². The van der Waals surface area contributed by atoms with Crippen LogP contribution in [0.2, 0.25) is 0 Å². The fraction of sp³-hybridized carbons (Fsp3) is 0.484. The van der Waals surface area contributed by atoms with Gasteiger partial charge in [0.2, 0.25) is 11.8 Å². The molecule has 2 amide bonds. The Kier molecular flexibility index (Phi) is 8.20. The Bertz CT molecular complexity index is 1260. The Morgan fingerprint density at radius 3 is 2.42 bits per heavy atom. The topological polar surface area (TPSA) is 83.7 Å². The molecule has 1 unspecified atom stereocenters. The lowest BCUT2D eigenvalue weighted by Crippen LogP contribution is -2.50. The van der Waals surface area contributed by atoms with Crippen molar-refractivity contribution < 1.29 is 19.1 Å². The summed E-state index contributed by atoms with van der Waals surface area (Å²) in [6, 6.07) is 12.9. The van der Waals surface area contributed by atoms with E-state index in [9.17, 15) is 9.59 Å². The van der Waals surface area contributed by atoms with Gasteiger partial charge in [0.15, 0.2) is 11.5 Å². The molecule has 2 N–H and O–H groups in total. The normalized spacial score (nSPS) is 17.3. The largest absolute Gasteiger partial charge is 0.493 e. The molecular weight excluding hydrogens is 478 g/mol. The molecule has 1 atom stereocenters. The number of fused-ring (bicyclic) bond motifs is 1. The number of hydrogen-bond acceptors (Lipinski definition) is 4. The Labute approximate surface area is 224 Å². The van der Waals surface area contributed by atoms with Crippen molar-refractivity contribution in [2.45, 2.75) is 82.3 Å². The second-order valence-corrected chi connectivity index (χ2v) is 10.6. The molecule has 3 aromatic rings. The highest BCUT2D eigenvalue weighted by Gasteiger charge is 2.40. The van der Waals surface area contributed by atoms with E-state index in [0.29, 0.717) is 17.1 Å². The van der Waals surface area contributed by atoms with E-state index in [1.54, 1.807) is 14.2 Å². The number of amides is 2. The molecule has 7 nitrogen and oxygen atoms in total. The summed E-state index contributed by atoms with van der Waals surface area (Å²) in [5, 5.41) is 4.35. The Hall–Kier alpha value is -3.48. The van der Waals surface area contributed by atoms with Crippen molar-refractivity contribution >= 4 is 22.7 Å². The van der Waals surface area contributed by atoms with Gasteiger partial charge in [-0.2, -0.15) is 0 Å². The lowest BCUT2D eigenvalue weighted by Gasteiger charge is -2.38. The predicted molar refractivity (Wildman–Crippen MR) is 148 cm³/mol. The third-order valence-electron chi connectivity index (χ3n) is 8.23. The van der Waals surface area contributed by atoms with Crippen LogP contribution in [0.15, 0.2) is 48.7 Å². The van der Waals surface area contributed by atoms with Crippen LogP contribution >= 0.6 is 0 Å². The first-order valence-corrected chi connectivity index (χ1v) is 14.0. The summed E-state index contributed by atoms with van der Waals surface area (Å²) in [6.45, 7) is 0. The third-order valence-corrected chi connectivity index (χ3v) is 8.23. The van der Waals surface area contributed by atoms with Crippen LogP contribution < -0.4 is 14.8 Å². The number of carbonyl (C=O) groups excluding carboxylic acids is 2. The molecule has 0 spiro atoms. The maximum Gasteiger partial charge on any atom is 0.247 e. The maximum absolute atomic E-state index is 14.3. The average molecular weight is 518 g/mol. The van der Waals surface area contributed by atoms with E-state index in [2.05, 4.69) is 10.3 Å².